The molecule has 0 saturated heterocycles. The van der Waals surface area contributed by atoms with Gasteiger partial charge in [-0.25, -0.2) is 0 Å². The summed E-state index contributed by atoms with van der Waals surface area (Å²) in [4.78, 5) is 18.1. The first-order valence-electron chi connectivity index (χ1n) is 8.31. The Morgan fingerprint density at radius 3 is 2.69 bits per heavy atom. The van der Waals surface area contributed by atoms with Crippen LogP contribution in [-0.4, -0.2) is 23.7 Å². The number of halogens is 1. The lowest BCUT2D eigenvalue weighted by molar-refractivity contribution is 0.0905. The average Bonchev–Trinajstić information content (AvgIpc) is 3.16. The average molecular weight is 365 g/mol. The van der Waals surface area contributed by atoms with Crippen LogP contribution in [0.4, 0.5) is 0 Å². The quantitative estimate of drug-likeness (QED) is 0.627. The Hall–Kier alpha value is -2.85. The molecule has 0 unspecified atom stereocenters. The summed E-state index contributed by atoms with van der Waals surface area (Å²) in [6.45, 7) is 0. The molecule has 0 bridgehead atoms. The number of carbonyl (C=O) groups excluding carboxylic acids is 1. The van der Waals surface area contributed by atoms with E-state index in [1.165, 1.54) is 0 Å². The third-order valence-corrected chi connectivity index (χ3v) is 4.86. The maximum atomic E-state index is 13.4. The number of aliphatic imine (C=N–C) groups is 1. The molecule has 0 amide bonds. The molecule has 2 atom stereocenters. The Kier molecular flexibility index (Phi) is 4.35. The summed E-state index contributed by atoms with van der Waals surface area (Å²) in [7, 11) is 1.59. The van der Waals surface area contributed by atoms with Crippen LogP contribution in [0.25, 0.3) is 0 Å². The molecule has 130 valence electrons. The highest BCUT2D eigenvalue weighted by atomic mass is 35.5. The van der Waals surface area contributed by atoms with E-state index in [1.54, 1.807) is 13.2 Å². The zero-order valence-corrected chi connectivity index (χ0v) is 14.9. The number of carbonyl (C=O) groups is 1. The monoisotopic (exact) mass is 364 g/mol. The van der Waals surface area contributed by atoms with Gasteiger partial charge in [0.2, 0.25) is 0 Å². The minimum absolute atomic E-state index is 0.00171. The Balaban J connectivity index is 1.79. The van der Waals surface area contributed by atoms with Crippen molar-refractivity contribution < 1.29 is 9.53 Å². The largest absolute Gasteiger partial charge is 0.497 e. The number of ether oxygens (including phenoxy) is 1. The molecule has 0 fully saturated rings. The molecule has 1 aromatic heterocycles. The van der Waals surface area contributed by atoms with Crippen LogP contribution in [0.1, 0.15) is 33.7 Å². The lowest BCUT2D eigenvalue weighted by Gasteiger charge is -2.29. The molecule has 1 aliphatic rings. The lowest BCUT2D eigenvalue weighted by Crippen LogP contribution is -2.29. The summed E-state index contributed by atoms with van der Waals surface area (Å²) in [5.41, 5.74) is 2.47. The molecule has 26 heavy (non-hydrogen) atoms. The summed E-state index contributed by atoms with van der Waals surface area (Å²) in [5, 5.41) is 0.658. The van der Waals surface area contributed by atoms with Crippen molar-refractivity contribution in [1.29, 1.82) is 0 Å². The van der Waals surface area contributed by atoms with Crippen molar-refractivity contribution >= 4 is 23.6 Å². The van der Waals surface area contributed by atoms with Gasteiger partial charge in [-0.3, -0.25) is 9.79 Å². The van der Waals surface area contributed by atoms with E-state index in [9.17, 15) is 4.79 Å². The summed E-state index contributed by atoms with van der Waals surface area (Å²) in [6.07, 6.45) is 3.74. The van der Waals surface area contributed by atoms with Crippen LogP contribution >= 0.6 is 11.6 Å². The van der Waals surface area contributed by atoms with Gasteiger partial charge in [0.05, 0.1) is 12.8 Å². The number of fused-ring (bicyclic) bond motifs is 1. The minimum atomic E-state index is -0.460. The first kappa shape index (κ1) is 16.6. The SMILES string of the molecule is COc1cccc(C(=O)[C@@H]2[C@@H](c3ccc(Cl)cc3)N=Cc3cccn32)c1. The molecule has 0 aliphatic carbocycles. The van der Waals surface area contributed by atoms with Gasteiger partial charge in [0.15, 0.2) is 5.78 Å². The number of rotatable bonds is 4. The topological polar surface area (TPSA) is 43.6 Å². The van der Waals surface area contributed by atoms with Crippen molar-refractivity contribution in [3.63, 3.8) is 0 Å². The second-order valence-electron chi connectivity index (χ2n) is 6.16. The number of Topliss-reactive ketones (excluding diaryl/α,β-unsaturated/α-hetero) is 1. The molecule has 2 aromatic carbocycles. The molecule has 0 N–H and O–H groups in total. The van der Waals surface area contributed by atoms with Crippen LogP contribution in [0.15, 0.2) is 71.9 Å². The van der Waals surface area contributed by atoms with Gasteiger partial charge in [0.25, 0.3) is 0 Å². The van der Waals surface area contributed by atoms with Gasteiger partial charge >= 0.3 is 0 Å². The van der Waals surface area contributed by atoms with E-state index in [0.717, 1.165) is 11.3 Å². The summed E-state index contributed by atoms with van der Waals surface area (Å²) < 4.78 is 7.25. The Morgan fingerprint density at radius 1 is 1.12 bits per heavy atom. The Morgan fingerprint density at radius 2 is 1.92 bits per heavy atom. The molecule has 4 rings (SSSR count). The zero-order chi connectivity index (χ0) is 18.1. The van der Waals surface area contributed by atoms with Gasteiger partial charge in [0.1, 0.15) is 17.8 Å². The fourth-order valence-corrected chi connectivity index (χ4v) is 3.43. The van der Waals surface area contributed by atoms with Crippen molar-refractivity contribution in [3.05, 3.63) is 88.7 Å². The first-order valence-corrected chi connectivity index (χ1v) is 8.69. The molecule has 1 aliphatic heterocycles. The van der Waals surface area contributed by atoms with Gasteiger partial charge in [-0.1, -0.05) is 35.9 Å². The first-order chi connectivity index (χ1) is 12.7. The van der Waals surface area contributed by atoms with E-state index in [1.807, 2.05) is 71.6 Å². The smallest absolute Gasteiger partial charge is 0.188 e. The van der Waals surface area contributed by atoms with E-state index in [2.05, 4.69) is 4.99 Å². The second-order valence-corrected chi connectivity index (χ2v) is 6.59. The number of benzene rings is 2. The normalized spacial score (nSPS) is 18.4. The maximum Gasteiger partial charge on any atom is 0.188 e. The van der Waals surface area contributed by atoms with Crippen LogP contribution in [0, 0.1) is 0 Å². The van der Waals surface area contributed by atoms with Crippen molar-refractivity contribution in [2.45, 2.75) is 12.1 Å². The fraction of sp³-hybridized carbons (Fsp3) is 0.143. The van der Waals surface area contributed by atoms with Crippen LogP contribution in [0.3, 0.4) is 0 Å². The van der Waals surface area contributed by atoms with E-state index in [-0.39, 0.29) is 11.8 Å². The predicted octanol–water partition coefficient (Wildman–Crippen LogP) is 4.75. The van der Waals surface area contributed by atoms with Crippen molar-refractivity contribution in [3.8, 4) is 5.75 Å². The minimum Gasteiger partial charge on any atom is -0.497 e. The molecule has 2 heterocycles. The third-order valence-electron chi connectivity index (χ3n) is 4.61. The summed E-state index contributed by atoms with van der Waals surface area (Å²) in [5.74, 6) is 0.657. The molecule has 0 saturated carbocycles. The van der Waals surface area contributed by atoms with E-state index < -0.39 is 6.04 Å². The summed E-state index contributed by atoms with van der Waals surface area (Å²) in [6, 6.07) is 17.8. The molecule has 3 aromatic rings. The van der Waals surface area contributed by atoms with Gasteiger partial charge in [-0.2, -0.15) is 0 Å². The van der Waals surface area contributed by atoms with Gasteiger partial charge in [-0.15, -0.1) is 0 Å². The molecular weight excluding hydrogens is 348 g/mol. The number of hydrogen-bond donors (Lipinski definition) is 0. The highest BCUT2D eigenvalue weighted by Crippen LogP contribution is 2.37. The van der Waals surface area contributed by atoms with Crippen LogP contribution in [-0.2, 0) is 0 Å². The van der Waals surface area contributed by atoms with Gasteiger partial charge in [-0.05, 0) is 42.0 Å². The molecule has 0 spiro atoms. The number of methoxy groups -OCH3 is 1. The number of ketones is 1. The van der Waals surface area contributed by atoms with Crippen LogP contribution in [0.2, 0.25) is 5.02 Å². The van der Waals surface area contributed by atoms with E-state index >= 15 is 0 Å². The van der Waals surface area contributed by atoms with Crippen molar-refractivity contribution in [1.82, 2.24) is 4.57 Å². The molecule has 0 radical (unpaired) electrons. The fourth-order valence-electron chi connectivity index (χ4n) is 3.30. The Labute approximate surface area is 156 Å². The molecule has 5 heteroatoms. The standard InChI is InChI=1S/C21H17ClN2O2/c1-26-18-6-2-4-15(12-18)21(25)20-19(14-7-9-16(22)10-8-14)23-13-17-5-3-11-24(17)20/h2-13,19-20H,1H3/t19-,20+/m1/s1. The van der Waals surface area contributed by atoms with Gasteiger partial charge in [0, 0.05) is 23.0 Å². The molecular formula is C21H17ClN2O2. The zero-order valence-electron chi connectivity index (χ0n) is 14.2. The molecule has 4 nitrogen and oxygen atoms in total. The van der Waals surface area contributed by atoms with Gasteiger partial charge < -0.3 is 9.30 Å². The highest BCUT2D eigenvalue weighted by molar-refractivity contribution is 6.30. The lowest BCUT2D eigenvalue weighted by atomic mass is 9.91. The highest BCUT2D eigenvalue weighted by Gasteiger charge is 2.34. The van der Waals surface area contributed by atoms with Crippen LogP contribution in [0.5, 0.6) is 5.75 Å². The second kappa shape index (κ2) is 6.81. The van der Waals surface area contributed by atoms with E-state index in [0.29, 0.717) is 16.3 Å². The Bertz CT molecular complexity index is 976. The van der Waals surface area contributed by atoms with Crippen LogP contribution < -0.4 is 4.74 Å². The number of hydrogen-bond acceptors (Lipinski definition) is 3. The predicted molar refractivity (Wildman–Crippen MR) is 103 cm³/mol. The van der Waals surface area contributed by atoms with E-state index in [4.69, 9.17) is 16.3 Å². The number of aromatic nitrogens is 1. The van der Waals surface area contributed by atoms with Crippen molar-refractivity contribution in [2.75, 3.05) is 7.11 Å². The third kappa shape index (κ3) is 2.93. The number of nitrogens with zero attached hydrogens (tertiary/aromatic N) is 2. The van der Waals surface area contributed by atoms with Crippen molar-refractivity contribution in [2.24, 2.45) is 4.99 Å². The maximum absolute atomic E-state index is 13.4. The summed E-state index contributed by atoms with van der Waals surface area (Å²) >= 11 is 6.02.